The van der Waals surface area contributed by atoms with E-state index in [2.05, 4.69) is 5.32 Å². The maximum Gasteiger partial charge on any atom is 0.290 e. The van der Waals surface area contributed by atoms with Crippen molar-refractivity contribution in [3.8, 4) is 0 Å². The lowest BCUT2D eigenvalue weighted by Gasteiger charge is -2.04. The number of imide groups is 1. The van der Waals surface area contributed by atoms with Crippen LogP contribution < -0.4 is 5.32 Å². The number of amides is 2. The largest absolute Gasteiger partial charge is 0.339 e. The van der Waals surface area contributed by atoms with Crippen molar-refractivity contribution in [2.75, 3.05) is 0 Å². The van der Waals surface area contributed by atoms with Crippen LogP contribution in [0.25, 0.3) is 17.0 Å². The molecule has 26 heavy (non-hydrogen) atoms. The first-order valence-electron chi connectivity index (χ1n) is 8.03. The van der Waals surface area contributed by atoms with Gasteiger partial charge in [-0.15, -0.1) is 0 Å². The Hall–Kier alpha value is -3.12. The molecule has 3 aromatic rings. The summed E-state index contributed by atoms with van der Waals surface area (Å²) < 4.78 is 1.87. The van der Waals surface area contributed by atoms with Gasteiger partial charge >= 0.3 is 0 Å². The molecular weight excluding hydrogens is 348 g/mol. The number of para-hydroxylation sites is 1. The van der Waals surface area contributed by atoms with Gasteiger partial charge in [0.1, 0.15) is 0 Å². The molecule has 0 radical (unpaired) electrons. The van der Waals surface area contributed by atoms with Gasteiger partial charge in [-0.1, -0.05) is 48.5 Å². The van der Waals surface area contributed by atoms with Gasteiger partial charge in [0, 0.05) is 28.2 Å². The Bertz CT molecular complexity index is 1070. The molecule has 0 spiro atoms. The Morgan fingerprint density at radius 1 is 1.04 bits per heavy atom. The van der Waals surface area contributed by atoms with E-state index < -0.39 is 5.91 Å². The van der Waals surface area contributed by atoms with E-state index in [1.807, 2.05) is 53.2 Å². The third-order valence-electron chi connectivity index (χ3n) is 4.16. The zero-order chi connectivity index (χ0) is 18.1. The third-order valence-corrected chi connectivity index (χ3v) is 4.97. The van der Waals surface area contributed by atoms with Gasteiger partial charge in [-0.3, -0.25) is 19.7 Å². The van der Waals surface area contributed by atoms with Crippen LogP contribution in [0.4, 0.5) is 4.79 Å². The SMILES string of the molecule is O=C1NC(=O)/C(=C/c2cn(CC(=O)c3ccccc3)c3ccccc23)S1. The number of hydrogen-bond donors (Lipinski definition) is 1. The number of thioether (sulfide) groups is 1. The second-order valence-corrected chi connectivity index (χ2v) is 6.89. The van der Waals surface area contributed by atoms with Gasteiger partial charge in [-0.2, -0.15) is 0 Å². The highest BCUT2D eigenvalue weighted by Crippen LogP contribution is 2.29. The van der Waals surface area contributed by atoms with Crippen molar-refractivity contribution in [1.29, 1.82) is 0 Å². The first-order valence-corrected chi connectivity index (χ1v) is 8.84. The average Bonchev–Trinajstić information content (AvgIpc) is 3.16. The summed E-state index contributed by atoms with van der Waals surface area (Å²) >= 11 is 0.882. The van der Waals surface area contributed by atoms with Crippen LogP contribution in [0.15, 0.2) is 65.7 Å². The number of Topliss-reactive ketones (excluding diaryl/α,β-unsaturated/α-hetero) is 1. The molecule has 1 fully saturated rings. The van der Waals surface area contributed by atoms with Gasteiger partial charge < -0.3 is 4.57 Å². The molecule has 2 heterocycles. The van der Waals surface area contributed by atoms with Gasteiger partial charge in [-0.05, 0) is 23.9 Å². The molecule has 0 bridgehead atoms. The van der Waals surface area contributed by atoms with Crippen LogP contribution in [0.3, 0.4) is 0 Å². The van der Waals surface area contributed by atoms with E-state index in [0.29, 0.717) is 10.5 Å². The molecule has 1 aromatic heterocycles. The molecule has 2 amide bonds. The minimum absolute atomic E-state index is 0.00807. The monoisotopic (exact) mass is 362 g/mol. The van der Waals surface area contributed by atoms with E-state index in [9.17, 15) is 14.4 Å². The topological polar surface area (TPSA) is 68.2 Å². The molecule has 0 unspecified atom stereocenters. The number of benzene rings is 2. The van der Waals surface area contributed by atoms with Crippen LogP contribution in [0.1, 0.15) is 15.9 Å². The predicted octanol–water partition coefficient (Wildman–Crippen LogP) is 3.85. The van der Waals surface area contributed by atoms with Gasteiger partial charge in [0.05, 0.1) is 11.4 Å². The Morgan fingerprint density at radius 2 is 1.77 bits per heavy atom. The fourth-order valence-electron chi connectivity index (χ4n) is 2.95. The van der Waals surface area contributed by atoms with Gasteiger partial charge in [0.2, 0.25) is 0 Å². The van der Waals surface area contributed by atoms with Crippen LogP contribution in [-0.2, 0) is 11.3 Å². The lowest BCUT2D eigenvalue weighted by molar-refractivity contribution is -0.115. The number of fused-ring (bicyclic) bond motifs is 1. The number of carbonyl (C=O) groups excluding carboxylic acids is 3. The zero-order valence-electron chi connectivity index (χ0n) is 13.6. The number of hydrogen-bond acceptors (Lipinski definition) is 4. The number of carbonyl (C=O) groups is 3. The molecule has 4 rings (SSSR count). The van der Waals surface area contributed by atoms with Crippen molar-refractivity contribution < 1.29 is 14.4 Å². The fraction of sp³-hybridized carbons (Fsp3) is 0.0500. The normalized spacial score (nSPS) is 15.6. The summed E-state index contributed by atoms with van der Waals surface area (Å²) in [5.74, 6) is -0.383. The zero-order valence-corrected chi connectivity index (χ0v) is 14.5. The Morgan fingerprint density at radius 3 is 2.50 bits per heavy atom. The van der Waals surface area contributed by atoms with E-state index in [1.54, 1.807) is 18.2 Å². The number of ketones is 1. The van der Waals surface area contributed by atoms with Crippen molar-refractivity contribution in [2.45, 2.75) is 6.54 Å². The van der Waals surface area contributed by atoms with E-state index in [0.717, 1.165) is 28.2 Å². The molecule has 128 valence electrons. The first kappa shape index (κ1) is 16.4. The average molecular weight is 362 g/mol. The van der Waals surface area contributed by atoms with Crippen molar-refractivity contribution in [3.63, 3.8) is 0 Å². The molecule has 2 aromatic carbocycles. The van der Waals surface area contributed by atoms with Crippen molar-refractivity contribution in [2.24, 2.45) is 0 Å². The number of nitrogens with one attached hydrogen (secondary N) is 1. The molecule has 1 N–H and O–H groups in total. The third kappa shape index (κ3) is 3.07. The summed E-state index contributed by atoms with van der Waals surface area (Å²) in [4.78, 5) is 36.1. The molecule has 6 heteroatoms. The molecule has 1 aliphatic heterocycles. The minimum atomic E-state index is -0.391. The van der Waals surface area contributed by atoms with Crippen LogP contribution >= 0.6 is 11.8 Å². The quantitative estimate of drug-likeness (QED) is 0.565. The van der Waals surface area contributed by atoms with Crippen molar-refractivity contribution in [1.82, 2.24) is 9.88 Å². The molecule has 0 atom stereocenters. The molecule has 1 aliphatic rings. The number of aromatic nitrogens is 1. The lowest BCUT2D eigenvalue weighted by atomic mass is 10.1. The molecule has 5 nitrogen and oxygen atoms in total. The number of rotatable bonds is 4. The van der Waals surface area contributed by atoms with E-state index in [4.69, 9.17) is 0 Å². The van der Waals surface area contributed by atoms with Crippen LogP contribution in [0, 0.1) is 0 Å². The van der Waals surface area contributed by atoms with Crippen LogP contribution in [0.5, 0.6) is 0 Å². The highest BCUT2D eigenvalue weighted by molar-refractivity contribution is 8.18. The highest BCUT2D eigenvalue weighted by Gasteiger charge is 2.25. The predicted molar refractivity (Wildman–Crippen MR) is 102 cm³/mol. The van der Waals surface area contributed by atoms with Crippen molar-refractivity contribution in [3.05, 3.63) is 76.8 Å². The molecular formula is C20H14N2O3S. The minimum Gasteiger partial charge on any atom is -0.339 e. The Labute approximate surface area is 153 Å². The van der Waals surface area contributed by atoms with Gasteiger partial charge in [0.15, 0.2) is 5.78 Å². The van der Waals surface area contributed by atoms with E-state index in [1.165, 1.54) is 0 Å². The summed E-state index contributed by atoms with van der Waals surface area (Å²) in [6.45, 7) is 0.200. The second kappa shape index (κ2) is 6.65. The van der Waals surface area contributed by atoms with E-state index in [-0.39, 0.29) is 17.6 Å². The standard InChI is InChI=1S/C20H14N2O3S/c23-17(13-6-2-1-3-7-13)12-22-11-14(15-8-4-5-9-16(15)22)10-18-19(24)21-20(25)26-18/h1-11H,12H2,(H,21,24,25)/b18-10-. The van der Waals surface area contributed by atoms with Gasteiger partial charge in [-0.25, -0.2) is 0 Å². The van der Waals surface area contributed by atoms with Gasteiger partial charge in [0.25, 0.3) is 11.1 Å². The highest BCUT2D eigenvalue weighted by atomic mass is 32.2. The summed E-state index contributed by atoms with van der Waals surface area (Å²) in [5, 5.41) is 2.81. The maximum atomic E-state index is 12.6. The summed E-state index contributed by atoms with van der Waals surface area (Å²) in [6.07, 6.45) is 3.53. The maximum absolute atomic E-state index is 12.6. The number of nitrogens with zero attached hydrogens (tertiary/aromatic N) is 1. The Kier molecular flexibility index (Phi) is 4.18. The summed E-state index contributed by atoms with van der Waals surface area (Å²) in [5.41, 5.74) is 2.36. The second-order valence-electron chi connectivity index (χ2n) is 5.87. The summed E-state index contributed by atoms with van der Waals surface area (Å²) in [6, 6.07) is 16.8. The fourth-order valence-corrected chi connectivity index (χ4v) is 3.63. The van der Waals surface area contributed by atoms with Crippen LogP contribution in [0.2, 0.25) is 0 Å². The molecule has 0 aliphatic carbocycles. The smallest absolute Gasteiger partial charge is 0.290 e. The molecule has 1 saturated heterocycles. The first-order chi connectivity index (χ1) is 12.6. The van der Waals surface area contributed by atoms with Crippen molar-refractivity contribution >= 4 is 45.7 Å². The molecule has 0 saturated carbocycles. The van der Waals surface area contributed by atoms with Crippen LogP contribution in [-0.4, -0.2) is 21.5 Å². The Balaban J connectivity index is 1.73. The lowest BCUT2D eigenvalue weighted by Crippen LogP contribution is -2.17. The van der Waals surface area contributed by atoms with E-state index >= 15 is 0 Å². The summed E-state index contributed by atoms with van der Waals surface area (Å²) in [7, 11) is 0.